The topological polar surface area (TPSA) is 36.4 Å². The first kappa shape index (κ1) is 12.8. The van der Waals surface area contributed by atoms with E-state index in [1.165, 1.54) is 5.57 Å². The highest BCUT2D eigenvalue weighted by molar-refractivity contribution is 7.80. The van der Waals surface area contributed by atoms with E-state index in [0.29, 0.717) is 5.11 Å². The van der Waals surface area contributed by atoms with Gasteiger partial charge in [-0.05, 0) is 56.6 Å². The second-order valence-electron chi connectivity index (χ2n) is 4.47. The number of allylic oxidation sites excluding steroid dienone is 2. The number of thiocarbonyl (C=S) groups is 1. The third-order valence-electron chi connectivity index (χ3n) is 2.88. The zero-order valence-corrected chi connectivity index (χ0v) is 11.5. The molecule has 1 aromatic carbocycles. The number of rotatable bonds is 2. The summed E-state index contributed by atoms with van der Waals surface area (Å²) < 4.78 is 0. The summed E-state index contributed by atoms with van der Waals surface area (Å²) in [5, 5.41) is 7.95. The smallest absolute Gasteiger partial charge is 0.191 e. The highest BCUT2D eigenvalue weighted by Crippen LogP contribution is 2.15. The van der Waals surface area contributed by atoms with E-state index in [2.05, 4.69) is 28.8 Å². The SMILES string of the molecule is CC1=C/C(=N\NC(=S)Nc2ccccc2C)CC1. The molecule has 0 saturated carbocycles. The van der Waals surface area contributed by atoms with E-state index in [-0.39, 0.29) is 0 Å². The number of nitrogens with zero attached hydrogens (tertiary/aromatic N) is 1. The average Bonchev–Trinajstić information content (AvgIpc) is 2.76. The average molecular weight is 259 g/mol. The van der Waals surface area contributed by atoms with Crippen LogP contribution in [0.1, 0.15) is 25.3 Å². The van der Waals surface area contributed by atoms with Crippen molar-refractivity contribution in [2.24, 2.45) is 5.10 Å². The van der Waals surface area contributed by atoms with Gasteiger partial charge in [0.2, 0.25) is 0 Å². The molecule has 0 bridgehead atoms. The Morgan fingerprint density at radius 2 is 2.00 bits per heavy atom. The van der Waals surface area contributed by atoms with Crippen molar-refractivity contribution in [2.45, 2.75) is 26.7 Å². The van der Waals surface area contributed by atoms with E-state index in [1.807, 2.05) is 31.2 Å². The van der Waals surface area contributed by atoms with Gasteiger partial charge in [-0.2, -0.15) is 5.10 Å². The fourth-order valence-electron chi connectivity index (χ4n) is 1.83. The summed E-state index contributed by atoms with van der Waals surface area (Å²) in [7, 11) is 0. The summed E-state index contributed by atoms with van der Waals surface area (Å²) in [6.45, 7) is 4.16. The van der Waals surface area contributed by atoms with Crippen molar-refractivity contribution < 1.29 is 0 Å². The van der Waals surface area contributed by atoms with Crippen LogP contribution in [0.3, 0.4) is 0 Å². The summed E-state index contributed by atoms with van der Waals surface area (Å²) >= 11 is 5.21. The molecule has 18 heavy (non-hydrogen) atoms. The molecule has 0 amide bonds. The number of hydrogen-bond donors (Lipinski definition) is 2. The maximum Gasteiger partial charge on any atom is 0.191 e. The minimum atomic E-state index is 0.523. The minimum Gasteiger partial charge on any atom is -0.331 e. The summed E-state index contributed by atoms with van der Waals surface area (Å²) in [6, 6.07) is 8.02. The lowest BCUT2D eigenvalue weighted by atomic mass is 10.2. The fraction of sp³-hybridized carbons (Fsp3) is 0.286. The van der Waals surface area contributed by atoms with E-state index in [4.69, 9.17) is 12.2 Å². The molecule has 0 atom stereocenters. The first-order valence-electron chi connectivity index (χ1n) is 6.01. The molecule has 0 aromatic heterocycles. The van der Waals surface area contributed by atoms with Gasteiger partial charge in [0.05, 0.1) is 5.71 Å². The Bertz CT molecular complexity index is 518. The first-order valence-corrected chi connectivity index (χ1v) is 6.42. The van der Waals surface area contributed by atoms with Crippen LogP contribution in [0.15, 0.2) is 41.0 Å². The standard InChI is InChI=1S/C14H17N3S/c1-10-7-8-12(9-10)16-17-14(18)15-13-6-4-3-5-11(13)2/h3-6,9H,7-8H2,1-2H3,(H2,15,17,18)/b16-12-. The Balaban J connectivity index is 1.92. The van der Waals surface area contributed by atoms with Crippen molar-refractivity contribution in [1.29, 1.82) is 0 Å². The molecule has 4 heteroatoms. The third kappa shape index (κ3) is 3.40. The zero-order valence-electron chi connectivity index (χ0n) is 10.7. The molecule has 2 N–H and O–H groups in total. The number of benzene rings is 1. The van der Waals surface area contributed by atoms with E-state index >= 15 is 0 Å². The van der Waals surface area contributed by atoms with Gasteiger partial charge in [0.1, 0.15) is 0 Å². The molecule has 0 saturated heterocycles. The highest BCUT2D eigenvalue weighted by Gasteiger charge is 2.06. The lowest BCUT2D eigenvalue weighted by Crippen LogP contribution is -2.25. The van der Waals surface area contributed by atoms with Crippen LogP contribution < -0.4 is 10.7 Å². The molecule has 0 radical (unpaired) electrons. The summed E-state index contributed by atoms with van der Waals surface area (Å²) in [6.07, 6.45) is 4.19. The van der Waals surface area contributed by atoms with Crippen molar-refractivity contribution in [1.82, 2.24) is 5.43 Å². The molecular weight excluding hydrogens is 242 g/mol. The summed E-state index contributed by atoms with van der Waals surface area (Å²) in [4.78, 5) is 0. The molecule has 2 rings (SSSR count). The molecule has 94 valence electrons. The predicted molar refractivity (Wildman–Crippen MR) is 81.0 cm³/mol. The van der Waals surface area contributed by atoms with Crippen LogP contribution in [-0.2, 0) is 0 Å². The molecule has 1 aromatic rings. The van der Waals surface area contributed by atoms with E-state index in [1.54, 1.807) is 0 Å². The monoisotopic (exact) mass is 259 g/mol. The normalized spacial score (nSPS) is 16.6. The van der Waals surface area contributed by atoms with Gasteiger partial charge in [0, 0.05) is 5.69 Å². The number of aryl methyl sites for hydroxylation is 1. The Morgan fingerprint density at radius 3 is 2.67 bits per heavy atom. The molecule has 1 aliphatic carbocycles. The van der Waals surface area contributed by atoms with Crippen molar-refractivity contribution in [2.75, 3.05) is 5.32 Å². The largest absolute Gasteiger partial charge is 0.331 e. The second-order valence-corrected chi connectivity index (χ2v) is 4.88. The van der Waals surface area contributed by atoms with Gasteiger partial charge in [0.15, 0.2) is 5.11 Å². The van der Waals surface area contributed by atoms with Crippen molar-refractivity contribution in [3.05, 3.63) is 41.5 Å². The van der Waals surface area contributed by atoms with Crippen molar-refractivity contribution >= 4 is 28.7 Å². The van der Waals surface area contributed by atoms with Gasteiger partial charge in [-0.25, -0.2) is 0 Å². The third-order valence-corrected chi connectivity index (χ3v) is 3.08. The number of nitrogens with one attached hydrogen (secondary N) is 2. The second kappa shape index (κ2) is 5.78. The van der Waals surface area contributed by atoms with Gasteiger partial charge in [-0.1, -0.05) is 23.8 Å². The molecule has 0 unspecified atom stereocenters. The Kier molecular flexibility index (Phi) is 4.10. The van der Waals surface area contributed by atoms with Crippen LogP contribution in [0.25, 0.3) is 0 Å². The van der Waals surface area contributed by atoms with E-state index in [9.17, 15) is 0 Å². The van der Waals surface area contributed by atoms with Crippen molar-refractivity contribution in [3.8, 4) is 0 Å². The molecule has 0 heterocycles. The number of hydrogen-bond acceptors (Lipinski definition) is 2. The van der Waals surface area contributed by atoms with Gasteiger partial charge >= 0.3 is 0 Å². The predicted octanol–water partition coefficient (Wildman–Crippen LogP) is 3.38. The number of hydrazone groups is 1. The molecule has 0 fully saturated rings. The van der Waals surface area contributed by atoms with Crippen LogP contribution in [0, 0.1) is 6.92 Å². The Morgan fingerprint density at radius 1 is 1.22 bits per heavy atom. The van der Waals surface area contributed by atoms with Crippen LogP contribution in [0.4, 0.5) is 5.69 Å². The number of anilines is 1. The Labute approximate surface area is 113 Å². The number of para-hydroxylation sites is 1. The van der Waals surface area contributed by atoms with Gasteiger partial charge in [-0.15, -0.1) is 0 Å². The van der Waals surface area contributed by atoms with Crippen LogP contribution in [-0.4, -0.2) is 10.8 Å². The minimum absolute atomic E-state index is 0.523. The van der Waals surface area contributed by atoms with Gasteiger partial charge in [-0.3, -0.25) is 5.43 Å². The lowest BCUT2D eigenvalue weighted by molar-refractivity contribution is 1.00. The van der Waals surface area contributed by atoms with Crippen LogP contribution >= 0.6 is 12.2 Å². The fourth-order valence-corrected chi connectivity index (χ4v) is 1.98. The summed E-state index contributed by atoms with van der Waals surface area (Å²) in [5.41, 5.74) is 7.48. The van der Waals surface area contributed by atoms with Gasteiger partial charge in [0.25, 0.3) is 0 Å². The highest BCUT2D eigenvalue weighted by atomic mass is 32.1. The lowest BCUT2D eigenvalue weighted by Gasteiger charge is -2.09. The molecular formula is C14H17N3S. The quantitative estimate of drug-likeness (QED) is 0.631. The van der Waals surface area contributed by atoms with Gasteiger partial charge < -0.3 is 5.32 Å². The molecule has 0 spiro atoms. The van der Waals surface area contributed by atoms with Crippen LogP contribution in [0.2, 0.25) is 0 Å². The van der Waals surface area contributed by atoms with Crippen LogP contribution in [0.5, 0.6) is 0 Å². The molecule has 3 nitrogen and oxygen atoms in total. The maximum absolute atomic E-state index is 5.21. The Hall–Kier alpha value is -1.68. The molecule has 1 aliphatic rings. The van der Waals surface area contributed by atoms with Crippen molar-refractivity contribution in [3.63, 3.8) is 0 Å². The first-order chi connectivity index (χ1) is 8.65. The molecule has 0 aliphatic heterocycles. The van der Waals surface area contributed by atoms with E-state index in [0.717, 1.165) is 29.8 Å². The van der Waals surface area contributed by atoms with E-state index < -0.39 is 0 Å². The maximum atomic E-state index is 5.21. The zero-order chi connectivity index (χ0) is 13.0. The summed E-state index contributed by atoms with van der Waals surface area (Å²) in [5.74, 6) is 0.